The maximum absolute atomic E-state index is 11.5. The zero-order valence-corrected chi connectivity index (χ0v) is 11.3. The van der Waals surface area contributed by atoms with E-state index < -0.39 is 0 Å². The van der Waals surface area contributed by atoms with Crippen LogP contribution in [0.3, 0.4) is 0 Å². The molecule has 18 heavy (non-hydrogen) atoms. The molecule has 4 nitrogen and oxygen atoms in total. The molecular weight excluding hydrogens is 228 g/mol. The van der Waals surface area contributed by atoms with Gasteiger partial charge in [-0.1, -0.05) is 12.1 Å². The van der Waals surface area contributed by atoms with Crippen LogP contribution in [-0.4, -0.2) is 25.1 Å². The van der Waals surface area contributed by atoms with Crippen molar-refractivity contribution in [2.24, 2.45) is 5.73 Å². The van der Waals surface area contributed by atoms with Gasteiger partial charge in [0.2, 0.25) is 5.91 Å². The van der Waals surface area contributed by atoms with Crippen molar-refractivity contribution in [2.45, 2.75) is 33.2 Å². The molecule has 100 valence electrons. The van der Waals surface area contributed by atoms with Crippen LogP contribution in [0, 0.1) is 13.8 Å². The smallest absolute Gasteiger partial charge is 0.223 e. The fourth-order valence-corrected chi connectivity index (χ4v) is 1.52. The van der Waals surface area contributed by atoms with E-state index in [1.165, 1.54) is 0 Å². The van der Waals surface area contributed by atoms with E-state index in [9.17, 15) is 4.79 Å². The van der Waals surface area contributed by atoms with E-state index in [0.29, 0.717) is 19.6 Å². The van der Waals surface area contributed by atoms with Gasteiger partial charge in [-0.3, -0.25) is 4.79 Å². The number of carbonyl (C=O) groups excluding carboxylic acids is 1. The topological polar surface area (TPSA) is 64.3 Å². The zero-order chi connectivity index (χ0) is 13.5. The van der Waals surface area contributed by atoms with Gasteiger partial charge in [-0.05, 0) is 38.0 Å². The molecule has 4 heteroatoms. The summed E-state index contributed by atoms with van der Waals surface area (Å²) in [4.78, 5) is 11.5. The molecule has 1 atom stereocenters. The first-order valence-electron chi connectivity index (χ1n) is 6.22. The Morgan fingerprint density at radius 3 is 2.83 bits per heavy atom. The van der Waals surface area contributed by atoms with E-state index in [2.05, 4.69) is 5.32 Å². The molecule has 0 saturated heterocycles. The monoisotopic (exact) mass is 250 g/mol. The molecule has 0 radical (unpaired) electrons. The Labute approximate surface area is 109 Å². The van der Waals surface area contributed by atoms with E-state index >= 15 is 0 Å². The van der Waals surface area contributed by atoms with Crippen molar-refractivity contribution in [3.05, 3.63) is 29.3 Å². The van der Waals surface area contributed by atoms with Crippen LogP contribution in [0.25, 0.3) is 0 Å². The van der Waals surface area contributed by atoms with Gasteiger partial charge in [-0.2, -0.15) is 0 Å². The lowest BCUT2D eigenvalue weighted by Crippen LogP contribution is -2.38. The molecule has 1 aromatic rings. The standard InChI is InChI=1S/C14H22N2O2/c1-10-4-5-11(2)13(8-10)18-7-6-14(17)16-12(3)9-15/h4-5,8,12H,6-7,9,15H2,1-3H3,(H,16,17)/t12-/m0/s1. The van der Waals surface area contributed by atoms with Crippen LogP contribution >= 0.6 is 0 Å². The van der Waals surface area contributed by atoms with Gasteiger partial charge in [0.25, 0.3) is 0 Å². The summed E-state index contributed by atoms with van der Waals surface area (Å²) in [5.74, 6) is 0.813. The van der Waals surface area contributed by atoms with Crippen molar-refractivity contribution in [2.75, 3.05) is 13.2 Å². The number of nitrogens with one attached hydrogen (secondary N) is 1. The molecule has 0 heterocycles. The fraction of sp³-hybridized carbons (Fsp3) is 0.500. The van der Waals surface area contributed by atoms with Crippen LogP contribution in [0.1, 0.15) is 24.5 Å². The van der Waals surface area contributed by atoms with Crippen LogP contribution < -0.4 is 15.8 Å². The third kappa shape index (κ3) is 4.75. The van der Waals surface area contributed by atoms with E-state index in [4.69, 9.17) is 10.5 Å². The minimum Gasteiger partial charge on any atom is -0.493 e. The lowest BCUT2D eigenvalue weighted by Gasteiger charge is -2.12. The Bertz CT molecular complexity index is 405. The van der Waals surface area contributed by atoms with Gasteiger partial charge in [0.05, 0.1) is 13.0 Å². The first kappa shape index (κ1) is 14.5. The van der Waals surface area contributed by atoms with Gasteiger partial charge in [-0.15, -0.1) is 0 Å². The summed E-state index contributed by atoms with van der Waals surface area (Å²) in [5, 5.41) is 2.80. The molecule has 1 aromatic carbocycles. The van der Waals surface area contributed by atoms with Gasteiger partial charge in [0.15, 0.2) is 0 Å². The van der Waals surface area contributed by atoms with Crippen molar-refractivity contribution < 1.29 is 9.53 Å². The lowest BCUT2D eigenvalue weighted by molar-refractivity contribution is -0.122. The summed E-state index contributed by atoms with van der Waals surface area (Å²) in [7, 11) is 0. The second-order valence-electron chi connectivity index (χ2n) is 4.57. The number of amides is 1. The number of ether oxygens (including phenoxy) is 1. The largest absolute Gasteiger partial charge is 0.493 e. The lowest BCUT2D eigenvalue weighted by atomic mass is 10.1. The van der Waals surface area contributed by atoms with Crippen LogP contribution in [-0.2, 0) is 4.79 Å². The van der Waals surface area contributed by atoms with Crippen LogP contribution in [0.4, 0.5) is 0 Å². The van der Waals surface area contributed by atoms with Crippen molar-refractivity contribution in [1.82, 2.24) is 5.32 Å². The molecule has 3 N–H and O–H groups in total. The van der Waals surface area contributed by atoms with Crippen molar-refractivity contribution in [1.29, 1.82) is 0 Å². The average molecular weight is 250 g/mol. The molecule has 0 aliphatic heterocycles. The summed E-state index contributed by atoms with van der Waals surface area (Å²) < 4.78 is 5.61. The molecule has 0 fully saturated rings. The van der Waals surface area contributed by atoms with Gasteiger partial charge >= 0.3 is 0 Å². The highest BCUT2D eigenvalue weighted by Gasteiger charge is 2.06. The number of hydrogen-bond acceptors (Lipinski definition) is 3. The molecule has 0 aliphatic rings. The second kappa shape index (κ2) is 7.01. The van der Waals surface area contributed by atoms with Gasteiger partial charge in [-0.25, -0.2) is 0 Å². The highest BCUT2D eigenvalue weighted by molar-refractivity contribution is 5.76. The Morgan fingerprint density at radius 1 is 1.44 bits per heavy atom. The third-order valence-corrected chi connectivity index (χ3v) is 2.69. The minimum absolute atomic E-state index is 0.0122. The molecule has 0 aliphatic carbocycles. The normalized spacial score (nSPS) is 12.0. The predicted molar refractivity (Wildman–Crippen MR) is 72.7 cm³/mol. The van der Waals surface area contributed by atoms with Crippen molar-refractivity contribution >= 4 is 5.91 Å². The Kier molecular flexibility index (Phi) is 5.65. The molecule has 0 spiro atoms. The number of carbonyl (C=O) groups is 1. The molecule has 0 unspecified atom stereocenters. The van der Waals surface area contributed by atoms with E-state index in [-0.39, 0.29) is 11.9 Å². The highest BCUT2D eigenvalue weighted by atomic mass is 16.5. The van der Waals surface area contributed by atoms with Crippen LogP contribution in [0.2, 0.25) is 0 Å². The Morgan fingerprint density at radius 2 is 2.17 bits per heavy atom. The summed E-state index contributed by atoms with van der Waals surface area (Å²) in [6, 6.07) is 6.05. The second-order valence-corrected chi connectivity index (χ2v) is 4.57. The van der Waals surface area contributed by atoms with Crippen molar-refractivity contribution in [3.8, 4) is 5.75 Å². The maximum atomic E-state index is 11.5. The van der Waals surface area contributed by atoms with E-state index in [0.717, 1.165) is 16.9 Å². The molecular formula is C14H22N2O2. The first-order chi connectivity index (χ1) is 8.52. The predicted octanol–water partition coefficient (Wildman–Crippen LogP) is 1.54. The van der Waals surface area contributed by atoms with E-state index in [1.54, 1.807) is 0 Å². The number of hydrogen-bond donors (Lipinski definition) is 2. The zero-order valence-electron chi connectivity index (χ0n) is 11.3. The average Bonchev–Trinajstić information content (AvgIpc) is 2.33. The molecule has 1 amide bonds. The molecule has 1 rings (SSSR count). The quantitative estimate of drug-likeness (QED) is 0.805. The van der Waals surface area contributed by atoms with Gasteiger partial charge in [0, 0.05) is 12.6 Å². The summed E-state index contributed by atoms with van der Waals surface area (Å²) in [6.07, 6.45) is 0.345. The van der Waals surface area contributed by atoms with E-state index in [1.807, 2.05) is 39.0 Å². The summed E-state index contributed by atoms with van der Waals surface area (Å²) >= 11 is 0. The third-order valence-electron chi connectivity index (χ3n) is 2.69. The van der Waals surface area contributed by atoms with Crippen molar-refractivity contribution in [3.63, 3.8) is 0 Å². The number of nitrogens with two attached hydrogens (primary N) is 1. The highest BCUT2D eigenvalue weighted by Crippen LogP contribution is 2.19. The molecule has 0 saturated carbocycles. The fourth-order valence-electron chi connectivity index (χ4n) is 1.52. The summed E-state index contributed by atoms with van der Waals surface area (Å²) in [6.45, 7) is 6.72. The van der Waals surface area contributed by atoms with Gasteiger partial charge in [0.1, 0.15) is 5.75 Å². The van der Waals surface area contributed by atoms with Crippen LogP contribution in [0.5, 0.6) is 5.75 Å². The SMILES string of the molecule is Cc1ccc(C)c(OCCC(=O)N[C@@H](C)CN)c1. The van der Waals surface area contributed by atoms with Gasteiger partial charge < -0.3 is 15.8 Å². The Hall–Kier alpha value is -1.55. The Balaban J connectivity index is 2.37. The van der Waals surface area contributed by atoms with Crippen LogP contribution in [0.15, 0.2) is 18.2 Å². The number of aryl methyl sites for hydroxylation is 2. The number of rotatable bonds is 6. The molecule has 0 bridgehead atoms. The first-order valence-corrected chi connectivity index (χ1v) is 6.22. The molecule has 0 aromatic heterocycles. The summed E-state index contributed by atoms with van der Waals surface area (Å²) in [5.41, 5.74) is 7.66. The number of benzene rings is 1. The maximum Gasteiger partial charge on any atom is 0.223 e. The minimum atomic E-state index is -0.0294.